The van der Waals surface area contributed by atoms with Gasteiger partial charge in [0.25, 0.3) is 0 Å². The number of hydrogen-bond acceptors (Lipinski definition) is 6. The summed E-state index contributed by atoms with van der Waals surface area (Å²) in [6.07, 6.45) is 8.54. The van der Waals surface area contributed by atoms with E-state index in [4.69, 9.17) is 23.7 Å². The Balaban J connectivity index is 1.29. The summed E-state index contributed by atoms with van der Waals surface area (Å²) in [7, 11) is 0. The minimum atomic E-state index is -0.642. The summed E-state index contributed by atoms with van der Waals surface area (Å²) in [6.45, 7) is 16.4. The van der Waals surface area contributed by atoms with E-state index in [9.17, 15) is 4.79 Å². The Bertz CT molecular complexity index is 693. The normalized spacial score (nSPS) is 38.4. The van der Waals surface area contributed by atoms with Crippen LogP contribution in [-0.2, 0) is 23.7 Å². The van der Waals surface area contributed by atoms with Crippen LogP contribution >= 0.6 is 0 Å². The fourth-order valence-electron chi connectivity index (χ4n) is 4.38. The van der Waals surface area contributed by atoms with Crippen LogP contribution in [0, 0.1) is 0 Å². The van der Waals surface area contributed by atoms with Gasteiger partial charge in [0.05, 0.1) is 29.5 Å². The molecule has 178 valence electrons. The van der Waals surface area contributed by atoms with Crippen LogP contribution in [0.4, 0.5) is 4.79 Å². The van der Waals surface area contributed by atoms with Gasteiger partial charge in [0.2, 0.25) is 0 Å². The molecule has 6 nitrogen and oxygen atoms in total. The molecule has 3 aliphatic rings. The summed E-state index contributed by atoms with van der Waals surface area (Å²) in [5.74, 6) is 0. The molecule has 0 aliphatic carbocycles. The van der Waals surface area contributed by atoms with Crippen molar-refractivity contribution < 1.29 is 28.5 Å². The molecule has 3 aliphatic heterocycles. The highest BCUT2D eigenvalue weighted by molar-refractivity contribution is 5.60. The van der Waals surface area contributed by atoms with Gasteiger partial charge in [0, 0.05) is 0 Å². The molecular weight excluding hydrogens is 396 g/mol. The SMILES string of the molecule is CC(C)=CCC[C@@]1(C)O[C@@H]1CC[C@]1(C)O[C@H]1CC[C@@H]1O[C@@]1(C)COC(=O)OC(C)(C)C. The van der Waals surface area contributed by atoms with Crippen LogP contribution < -0.4 is 0 Å². The Labute approximate surface area is 188 Å². The van der Waals surface area contributed by atoms with Crippen LogP contribution in [-0.4, -0.2) is 53.5 Å². The molecule has 0 aromatic carbocycles. The van der Waals surface area contributed by atoms with Gasteiger partial charge in [-0.15, -0.1) is 0 Å². The second kappa shape index (κ2) is 8.68. The predicted octanol–water partition coefficient (Wildman–Crippen LogP) is 5.72. The number of epoxide rings is 3. The standard InChI is InChI=1S/C25H42O6/c1-17(2)10-9-14-23(6)20(29-23)13-15-24(7)18(28-24)11-12-19-25(8,30-19)16-27-21(26)31-22(3,4)5/h10,18-20H,9,11-16H2,1-8H3/t18-,19-,20+,23+,24-,25-/m0/s1. The third kappa shape index (κ3) is 6.93. The van der Waals surface area contributed by atoms with Crippen LogP contribution in [0.1, 0.15) is 93.9 Å². The van der Waals surface area contributed by atoms with Crippen molar-refractivity contribution in [3.63, 3.8) is 0 Å². The molecule has 3 fully saturated rings. The highest BCUT2D eigenvalue weighted by atomic mass is 16.7. The van der Waals surface area contributed by atoms with Gasteiger partial charge in [-0.3, -0.25) is 0 Å². The predicted molar refractivity (Wildman–Crippen MR) is 119 cm³/mol. The molecule has 3 heterocycles. The maximum Gasteiger partial charge on any atom is 0.508 e. The van der Waals surface area contributed by atoms with Crippen LogP contribution in [0.25, 0.3) is 0 Å². The van der Waals surface area contributed by atoms with Crippen molar-refractivity contribution in [3.05, 3.63) is 11.6 Å². The monoisotopic (exact) mass is 438 g/mol. The van der Waals surface area contributed by atoms with Gasteiger partial charge < -0.3 is 23.7 Å². The van der Waals surface area contributed by atoms with Gasteiger partial charge in [-0.25, -0.2) is 4.79 Å². The largest absolute Gasteiger partial charge is 0.508 e. The van der Waals surface area contributed by atoms with E-state index in [1.54, 1.807) is 0 Å². The summed E-state index contributed by atoms with van der Waals surface area (Å²) >= 11 is 0. The minimum absolute atomic E-state index is 0.0366. The maximum atomic E-state index is 11.7. The zero-order valence-corrected chi connectivity index (χ0v) is 20.7. The van der Waals surface area contributed by atoms with Crippen LogP contribution in [0.5, 0.6) is 0 Å². The number of ether oxygens (including phenoxy) is 5. The first kappa shape index (κ1) is 24.5. The summed E-state index contributed by atoms with van der Waals surface area (Å²) in [5, 5.41) is 0. The Kier molecular flexibility index (Phi) is 6.87. The Morgan fingerprint density at radius 2 is 1.39 bits per heavy atom. The minimum Gasteiger partial charge on any atom is -0.431 e. The first-order valence-electron chi connectivity index (χ1n) is 11.8. The van der Waals surface area contributed by atoms with Crippen molar-refractivity contribution in [2.75, 3.05) is 6.61 Å². The van der Waals surface area contributed by atoms with Crippen molar-refractivity contribution in [1.29, 1.82) is 0 Å². The molecule has 0 aromatic rings. The van der Waals surface area contributed by atoms with Gasteiger partial charge in [-0.05, 0) is 93.9 Å². The molecule has 31 heavy (non-hydrogen) atoms. The van der Waals surface area contributed by atoms with Gasteiger partial charge in [-0.1, -0.05) is 11.6 Å². The number of carbonyl (C=O) groups excluding carboxylic acids is 1. The topological polar surface area (TPSA) is 73.1 Å². The summed E-state index contributed by atoms with van der Waals surface area (Å²) < 4.78 is 28.3. The fourth-order valence-corrected chi connectivity index (χ4v) is 4.38. The number of allylic oxidation sites excluding steroid dienone is 2. The fraction of sp³-hybridized carbons (Fsp3) is 0.880. The molecule has 0 spiro atoms. The van der Waals surface area contributed by atoms with Gasteiger partial charge in [0.15, 0.2) is 0 Å². The molecule has 0 aromatic heterocycles. The lowest BCUT2D eigenvalue weighted by Gasteiger charge is -2.19. The molecule has 3 rings (SSSR count). The highest BCUT2D eigenvalue weighted by Crippen LogP contribution is 2.50. The molecule has 0 amide bonds. The number of carbonyl (C=O) groups is 1. The molecule has 0 unspecified atom stereocenters. The second-order valence-corrected chi connectivity index (χ2v) is 11.4. The molecule has 0 bridgehead atoms. The Morgan fingerprint density at radius 1 is 0.871 bits per heavy atom. The van der Waals surface area contributed by atoms with Gasteiger partial charge in [-0.2, -0.15) is 0 Å². The van der Waals surface area contributed by atoms with Crippen LogP contribution in [0.15, 0.2) is 11.6 Å². The first-order chi connectivity index (χ1) is 14.2. The van der Waals surface area contributed by atoms with E-state index in [1.807, 2.05) is 27.7 Å². The van der Waals surface area contributed by atoms with Crippen molar-refractivity contribution >= 4 is 6.16 Å². The van der Waals surface area contributed by atoms with E-state index in [1.165, 1.54) is 5.57 Å². The van der Waals surface area contributed by atoms with Crippen molar-refractivity contribution in [3.8, 4) is 0 Å². The molecular formula is C25H42O6. The molecule has 0 N–H and O–H groups in total. The van der Waals surface area contributed by atoms with E-state index < -0.39 is 17.4 Å². The van der Waals surface area contributed by atoms with Crippen LogP contribution in [0.2, 0.25) is 0 Å². The summed E-state index contributed by atoms with van der Waals surface area (Å²) in [6, 6.07) is 0. The lowest BCUT2D eigenvalue weighted by molar-refractivity contribution is -0.0150. The van der Waals surface area contributed by atoms with E-state index in [2.05, 4.69) is 33.8 Å². The quantitative estimate of drug-likeness (QED) is 0.233. The van der Waals surface area contributed by atoms with Crippen molar-refractivity contribution in [2.45, 2.75) is 135 Å². The lowest BCUT2D eigenvalue weighted by atomic mass is 9.92. The summed E-state index contributed by atoms with van der Waals surface area (Å²) in [5.41, 5.74) is 0.422. The van der Waals surface area contributed by atoms with Gasteiger partial charge >= 0.3 is 6.16 Å². The Hall–Kier alpha value is -1.11. The highest BCUT2D eigenvalue weighted by Gasteiger charge is 2.58. The average Bonchev–Trinajstić information content (AvgIpc) is 3.55. The zero-order chi connectivity index (χ0) is 23.1. The molecule has 0 radical (unpaired) electrons. The molecule has 6 heteroatoms. The van der Waals surface area contributed by atoms with E-state index in [0.717, 1.165) is 38.5 Å². The average molecular weight is 439 g/mol. The third-order valence-corrected chi connectivity index (χ3v) is 6.76. The Morgan fingerprint density at radius 3 is 1.97 bits per heavy atom. The van der Waals surface area contributed by atoms with Gasteiger partial charge in [0.1, 0.15) is 17.8 Å². The second-order valence-electron chi connectivity index (χ2n) is 11.4. The number of hydrogen-bond donors (Lipinski definition) is 0. The molecule has 3 saturated heterocycles. The van der Waals surface area contributed by atoms with Crippen molar-refractivity contribution in [1.82, 2.24) is 0 Å². The maximum absolute atomic E-state index is 11.7. The van der Waals surface area contributed by atoms with Crippen molar-refractivity contribution in [2.24, 2.45) is 0 Å². The molecule has 6 atom stereocenters. The molecule has 0 saturated carbocycles. The van der Waals surface area contributed by atoms with E-state index >= 15 is 0 Å². The van der Waals surface area contributed by atoms with E-state index in [-0.39, 0.29) is 30.0 Å². The van der Waals surface area contributed by atoms with E-state index in [0.29, 0.717) is 6.10 Å². The number of rotatable bonds is 11. The summed E-state index contributed by atoms with van der Waals surface area (Å²) in [4.78, 5) is 11.7. The first-order valence-corrected chi connectivity index (χ1v) is 11.8. The smallest absolute Gasteiger partial charge is 0.431 e. The third-order valence-electron chi connectivity index (χ3n) is 6.76. The zero-order valence-electron chi connectivity index (χ0n) is 20.7. The van der Waals surface area contributed by atoms with Crippen LogP contribution in [0.3, 0.4) is 0 Å². The lowest BCUT2D eigenvalue weighted by Crippen LogP contribution is -2.28.